The molecule has 6 heteroatoms. The van der Waals surface area contributed by atoms with Crippen molar-refractivity contribution in [3.63, 3.8) is 0 Å². The van der Waals surface area contributed by atoms with Gasteiger partial charge in [-0.1, -0.05) is 29.8 Å². The Morgan fingerprint density at radius 1 is 1.38 bits per heavy atom. The van der Waals surface area contributed by atoms with E-state index in [-0.39, 0.29) is 11.6 Å². The number of pyridine rings is 1. The first-order valence-corrected chi connectivity index (χ1v) is 6.71. The molecule has 21 heavy (non-hydrogen) atoms. The van der Waals surface area contributed by atoms with Gasteiger partial charge in [-0.2, -0.15) is 0 Å². The molecule has 0 aliphatic rings. The van der Waals surface area contributed by atoms with Crippen molar-refractivity contribution < 1.29 is 9.90 Å². The van der Waals surface area contributed by atoms with E-state index in [2.05, 4.69) is 10.3 Å². The zero-order chi connectivity index (χ0) is 15.6. The molecule has 0 fully saturated rings. The smallest absolute Gasteiger partial charge is 0.242 e. The Morgan fingerprint density at radius 3 is 2.62 bits per heavy atom. The molecule has 0 atom stereocenters. The Morgan fingerprint density at radius 2 is 2.05 bits per heavy atom. The number of aromatic hydroxyl groups is 1. The van der Waals surface area contributed by atoms with Gasteiger partial charge in [0.2, 0.25) is 5.91 Å². The number of nitrogens with two attached hydrogens (primary N) is 1. The first kappa shape index (κ1) is 15.1. The van der Waals surface area contributed by atoms with Gasteiger partial charge >= 0.3 is 0 Å². The van der Waals surface area contributed by atoms with Crippen LogP contribution in [0.3, 0.4) is 0 Å². The zero-order valence-corrected chi connectivity index (χ0v) is 12.5. The van der Waals surface area contributed by atoms with Gasteiger partial charge in [-0.25, -0.2) is 4.98 Å². The van der Waals surface area contributed by atoms with E-state index in [1.165, 1.54) is 6.07 Å². The van der Waals surface area contributed by atoms with E-state index in [1.807, 2.05) is 18.2 Å². The minimum Gasteiger partial charge on any atom is -0.504 e. The van der Waals surface area contributed by atoms with E-state index < -0.39 is 11.4 Å². The van der Waals surface area contributed by atoms with Gasteiger partial charge < -0.3 is 16.2 Å². The maximum Gasteiger partial charge on any atom is 0.242 e. The lowest BCUT2D eigenvalue weighted by molar-refractivity contribution is -0.121. The number of rotatable bonds is 4. The highest BCUT2D eigenvalue weighted by atomic mass is 35.5. The topological polar surface area (TPSA) is 88.2 Å². The number of amides is 1. The Hall–Kier alpha value is -2.27. The fourth-order valence-electron chi connectivity index (χ4n) is 1.75. The molecule has 110 valence electrons. The van der Waals surface area contributed by atoms with Crippen LogP contribution in [-0.4, -0.2) is 21.5 Å². The minimum atomic E-state index is -1.02. The molecule has 0 spiro atoms. The molecular formula is C15H16ClN3O2. The molecule has 0 radical (unpaired) electrons. The number of aromatic nitrogens is 1. The molecule has 0 bridgehead atoms. The van der Waals surface area contributed by atoms with Crippen molar-refractivity contribution in [2.24, 2.45) is 5.73 Å². The number of anilines is 1. The number of nitrogens with zero attached hydrogens (tertiary/aromatic N) is 1. The van der Waals surface area contributed by atoms with Gasteiger partial charge in [0.05, 0.1) is 0 Å². The Bertz CT molecular complexity index is 686. The number of primary amides is 1. The lowest BCUT2D eigenvalue weighted by Crippen LogP contribution is -2.45. The quantitative estimate of drug-likeness (QED) is 0.810. The Labute approximate surface area is 127 Å². The summed E-state index contributed by atoms with van der Waals surface area (Å²) in [4.78, 5) is 15.4. The second-order valence-electron chi connectivity index (χ2n) is 5.19. The van der Waals surface area contributed by atoms with E-state index in [0.717, 1.165) is 5.56 Å². The van der Waals surface area contributed by atoms with Gasteiger partial charge in [-0.05, 0) is 26.0 Å². The summed E-state index contributed by atoms with van der Waals surface area (Å²) in [6.45, 7) is 3.22. The predicted octanol–water partition coefficient (Wildman–Crippen LogP) is 2.78. The number of nitrogens with one attached hydrogen (secondary N) is 1. The molecule has 0 unspecified atom stereocenters. The summed E-state index contributed by atoms with van der Waals surface area (Å²) in [6.07, 6.45) is 1.57. The van der Waals surface area contributed by atoms with Crippen LogP contribution >= 0.6 is 11.6 Å². The van der Waals surface area contributed by atoms with E-state index in [4.69, 9.17) is 17.3 Å². The molecule has 5 nitrogen and oxygen atoms in total. The number of benzene rings is 1. The number of carbonyl (C=O) groups excluding carboxylic acids is 1. The number of hydrogen-bond donors (Lipinski definition) is 3. The summed E-state index contributed by atoms with van der Waals surface area (Å²) in [5.41, 5.74) is 5.71. The van der Waals surface area contributed by atoms with Gasteiger partial charge in [0.25, 0.3) is 0 Å². The number of carbonyl (C=O) groups is 1. The van der Waals surface area contributed by atoms with Crippen LogP contribution in [0.15, 0.2) is 36.5 Å². The second kappa shape index (κ2) is 5.61. The van der Waals surface area contributed by atoms with Crippen LogP contribution in [0.4, 0.5) is 5.82 Å². The lowest BCUT2D eigenvalue weighted by Gasteiger charge is -2.23. The molecule has 0 aliphatic carbocycles. The third-order valence-corrected chi connectivity index (χ3v) is 3.43. The molecular weight excluding hydrogens is 290 g/mol. The highest BCUT2D eigenvalue weighted by Crippen LogP contribution is 2.32. The number of halogens is 1. The van der Waals surface area contributed by atoms with Crippen LogP contribution in [0.25, 0.3) is 11.1 Å². The van der Waals surface area contributed by atoms with Crippen LogP contribution in [0.2, 0.25) is 5.02 Å². The highest BCUT2D eigenvalue weighted by molar-refractivity contribution is 6.33. The van der Waals surface area contributed by atoms with E-state index in [0.29, 0.717) is 10.6 Å². The average Bonchev–Trinajstić information content (AvgIpc) is 2.41. The van der Waals surface area contributed by atoms with Crippen molar-refractivity contribution in [3.05, 3.63) is 41.6 Å². The van der Waals surface area contributed by atoms with E-state index >= 15 is 0 Å². The molecule has 4 N–H and O–H groups in total. The first-order chi connectivity index (χ1) is 9.81. The summed E-state index contributed by atoms with van der Waals surface area (Å²) in [7, 11) is 0. The Kier molecular flexibility index (Phi) is 4.04. The maximum atomic E-state index is 11.3. The maximum absolute atomic E-state index is 11.3. The van der Waals surface area contributed by atoms with Crippen molar-refractivity contribution in [1.29, 1.82) is 0 Å². The van der Waals surface area contributed by atoms with Gasteiger partial charge in [-0.3, -0.25) is 4.79 Å². The van der Waals surface area contributed by atoms with E-state index in [1.54, 1.807) is 26.1 Å². The summed E-state index contributed by atoms with van der Waals surface area (Å²) in [5.74, 6) is -0.435. The average molecular weight is 306 g/mol. The summed E-state index contributed by atoms with van der Waals surface area (Å²) in [5, 5.41) is 13.4. The van der Waals surface area contributed by atoms with Crippen LogP contribution in [0.1, 0.15) is 13.8 Å². The monoisotopic (exact) mass is 305 g/mol. The second-order valence-corrected chi connectivity index (χ2v) is 5.59. The highest BCUT2D eigenvalue weighted by Gasteiger charge is 2.26. The fraction of sp³-hybridized carbons (Fsp3) is 0.200. The molecule has 1 aromatic heterocycles. The first-order valence-electron chi connectivity index (χ1n) is 6.33. The van der Waals surface area contributed by atoms with Crippen molar-refractivity contribution >= 4 is 23.3 Å². The fourth-order valence-corrected chi connectivity index (χ4v) is 1.99. The molecule has 1 aromatic carbocycles. The normalized spacial score (nSPS) is 11.2. The molecule has 0 saturated heterocycles. The van der Waals surface area contributed by atoms with Crippen LogP contribution < -0.4 is 11.1 Å². The zero-order valence-electron chi connectivity index (χ0n) is 11.7. The van der Waals surface area contributed by atoms with Gasteiger partial charge in [-0.15, -0.1) is 0 Å². The molecule has 0 aliphatic heterocycles. The summed E-state index contributed by atoms with van der Waals surface area (Å²) in [6, 6.07) is 8.80. The van der Waals surface area contributed by atoms with Crippen LogP contribution in [-0.2, 0) is 4.79 Å². The van der Waals surface area contributed by atoms with Gasteiger partial charge in [0, 0.05) is 22.3 Å². The van der Waals surface area contributed by atoms with E-state index in [9.17, 15) is 9.90 Å². The molecule has 2 aromatic rings. The Balaban J connectivity index is 2.35. The minimum absolute atomic E-state index is 0.0817. The summed E-state index contributed by atoms with van der Waals surface area (Å²) < 4.78 is 0. The molecule has 0 saturated carbocycles. The standard InChI is InChI=1S/C15H16ClN3O2/c1-15(2,14(17)21)19-13-12(20)7-9(8-18-13)10-5-3-4-6-11(10)16/h3-8,20H,1-2H3,(H2,17,21)(H,18,19). The van der Waals surface area contributed by atoms with Crippen LogP contribution in [0.5, 0.6) is 5.75 Å². The molecule has 1 amide bonds. The molecule has 2 rings (SSSR count). The SMILES string of the molecule is CC(C)(Nc1ncc(-c2ccccc2Cl)cc1O)C(N)=O. The van der Waals surface area contributed by atoms with Crippen molar-refractivity contribution in [1.82, 2.24) is 4.98 Å². The largest absolute Gasteiger partial charge is 0.504 e. The predicted molar refractivity (Wildman–Crippen MR) is 83.2 cm³/mol. The third kappa shape index (κ3) is 3.25. The van der Waals surface area contributed by atoms with Gasteiger partial charge in [0.1, 0.15) is 5.54 Å². The van der Waals surface area contributed by atoms with Crippen molar-refractivity contribution in [3.8, 4) is 16.9 Å². The van der Waals surface area contributed by atoms with Crippen molar-refractivity contribution in [2.45, 2.75) is 19.4 Å². The van der Waals surface area contributed by atoms with Crippen LogP contribution in [0, 0.1) is 0 Å². The third-order valence-electron chi connectivity index (χ3n) is 3.10. The van der Waals surface area contributed by atoms with Crippen molar-refractivity contribution in [2.75, 3.05) is 5.32 Å². The number of hydrogen-bond acceptors (Lipinski definition) is 4. The summed E-state index contributed by atoms with van der Waals surface area (Å²) >= 11 is 6.11. The lowest BCUT2D eigenvalue weighted by atomic mass is 10.0. The molecule has 1 heterocycles. The van der Waals surface area contributed by atoms with Gasteiger partial charge in [0.15, 0.2) is 11.6 Å².